The van der Waals surface area contributed by atoms with Gasteiger partial charge in [-0.2, -0.15) is 5.10 Å². The fourth-order valence-electron chi connectivity index (χ4n) is 3.59. The zero-order valence-electron chi connectivity index (χ0n) is 15.8. The first-order chi connectivity index (χ1) is 13.1. The molecule has 1 fully saturated rings. The van der Waals surface area contributed by atoms with Gasteiger partial charge in [-0.25, -0.2) is 0 Å². The monoisotopic (exact) mass is 360 g/mol. The Bertz CT molecular complexity index is 940. The highest BCUT2D eigenvalue weighted by atomic mass is 16.2. The first kappa shape index (κ1) is 17.3. The predicted octanol–water partition coefficient (Wildman–Crippen LogP) is 3.66. The van der Waals surface area contributed by atoms with Gasteiger partial charge in [-0.1, -0.05) is 42.5 Å². The molecule has 138 valence electrons. The van der Waals surface area contributed by atoms with Gasteiger partial charge in [-0.3, -0.25) is 9.89 Å². The van der Waals surface area contributed by atoms with Gasteiger partial charge in [-0.15, -0.1) is 0 Å². The lowest BCUT2D eigenvalue weighted by molar-refractivity contribution is 0.0741. The number of nitrogens with one attached hydrogen (secondary N) is 1. The van der Waals surface area contributed by atoms with Crippen molar-refractivity contribution in [3.63, 3.8) is 0 Å². The third kappa shape index (κ3) is 3.45. The van der Waals surface area contributed by atoms with Crippen molar-refractivity contribution < 1.29 is 4.79 Å². The molecule has 0 saturated carbocycles. The summed E-state index contributed by atoms with van der Waals surface area (Å²) < 4.78 is 0. The third-order valence-electron chi connectivity index (χ3n) is 5.36. The minimum atomic E-state index is 0.0188. The predicted molar refractivity (Wildman–Crippen MR) is 108 cm³/mol. The maximum absolute atomic E-state index is 12.8. The van der Waals surface area contributed by atoms with E-state index in [1.165, 1.54) is 16.8 Å². The van der Waals surface area contributed by atoms with E-state index in [4.69, 9.17) is 0 Å². The molecule has 1 N–H and O–H groups in total. The second kappa shape index (κ2) is 7.27. The van der Waals surface area contributed by atoms with Crippen molar-refractivity contribution in [3.8, 4) is 11.3 Å². The molecule has 0 radical (unpaired) electrons. The zero-order chi connectivity index (χ0) is 18.8. The Morgan fingerprint density at radius 1 is 0.963 bits per heavy atom. The van der Waals surface area contributed by atoms with E-state index >= 15 is 0 Å². The second-order valence-corrected chi connectivity index (χ2v) is 7.03. The highest BCUT2D eigenvalue weighted by Gasteiger charge is 2.24. The van der Waals surface area contributed by atoms with Crippen LogP contribution in [0.4, 0.5) is 5.69 Å². The first-order valence-corrected chi connectivity index (χ1v) is 9.35. The number of carbonyl (C=O) groups is 1. The van der Waals surface area contributed by atoms with Crippen molar-refractivity contribution in [2.75, 3.05) is 31.1 Å². The van der Waals surface area contributed by atoms with E-state index < -0.39 is 0 Å². The molecule has 1 saturated heterocycles. The van der Waals surface area contributed by atoms with Crippen LogP contribution in [0.5, 0.6) is 0 Å². The van der Waals surface area contributed by atoms with Crippen LogP contribution in [0.3, 0.4) is 0 Å². The Kier molecular flexibility index (Phi) is 4.67. The number of H-pyrrole nitrogens is 1. The molecule has 4 rings (SSSR count). The molecule has 2 aromatic carbocycles. The van der Waals surface area contributed by atoms with Gasteiger partial charge in [0.25, 0.3) is 5.91 Å². The largest absolute Gasteiger partial charge is 0.368 e. The third-order valence-corrected chi connectivity index (χ3v) is 5.36. The Hall–Kier alpha value is -3.08. The molecule has 0 unspecified atom stereocenters. The molecule has 5 heteroatoms. The van der Waals surface area contributed by atoms with Crippen LogP contribution >= 0.6 is 0 Å². The van der Waals surface area contributed by atoms with E-state index in [0.29, 0.717) is 18.8 Å². The van der Waals surface area contributed by atoms with Crippen LogP contribution in [0, 0.1) is 13.8 Å². The molecule has 5 nitrogen and oxygen atoms in total. The topological polar surface area (TPSA) is 52.2 Å². The lowest BCUT2D eigenvalue weighted by atomic mass is 10.1. The van der Waals surface area contributed by atoms with Gasteiger partial charge < -0.3 is 9.80 Å². The van der Waals surface area contributed by atoms with Gasteiger partial charge in [-0.05, 0) is 37.1 Å². The molecular formula is C22H24N4O. The summed E-state index contributed by atoms with van der Waals surface area (Å²) in [5.74, 6) is 0.0188. The lowest BCUT2D eigenvalue weighted by Gasteiger charge is -2.36. The van der Waals surface area contributed by atoms with E-state index in [-0.39, 0.29) is 5.91 Å². The molecule has 0 aliphatic carbocycles. The Labute approximate surface area is 159 Å². The average Bonchev–Trinajstić information content (AvgIpc) is 3.21. The van der Waals surface area contributed by atoms with Crippen LogP contribution in [0.1, 0.15) is 21.6 Å². The molecule has 0 atom stereocenters. The van der Waals surface area contributed by atoms with E-state index in [0.717, 1.165) is 24.3 Å². The molecule has 1 aromatic heterocycles. The van der Waals surface area contributed by atoms with Crippen LogP contribution in [-0.2, 0) is 0 Å². The first-order valence-electron chi connectivity index (χ1n) is 9.35. The number of anilines is 1. The van der Waals surface area contributed by atoms with Crippen LogP contribution in [0.25, 0.3) is 11.3 Å². The Balaban J connectivity index is 1.43. The van der Waals surface area contributed by atoms with Crippen molar-refractivity contribution in [1.82, 2.24) is 15.1 Å². The Morgan fingerprint density at radius 2 is 1.70 bits per heavy atom. The quantitative estimate of drug-likeness (QED) is 0.776. The summed E-state index contributed by atoms with van der Waals surface area (Å²) in [5.41, 5.74) is 6.25. The fraction of sp³-hybridized carbons (Fsp3) is 0.273. The zero-order valence-corrected chi connectivity index (χ0v) is 15.8. The number of amides is 1. The highest BCUT2D eigenvalue weighted by molar-refractivity contribution is 5.93. The molecule has 1 amide bonds. The summed E-state index contributed by atoms with van der Waals surface area (Å²) in [5, 5.41) is 7.21. The molecule has 2 heterocycles. The van der Waals surface area contributed by atoms with Crippen LogP contribution < -0.4 is 4.90 Å². The van der Waals surface area contributed by atoms with Crippen molar-refractivity contribution in [1.29, 1.82) is 0 Å². The van der Waals surface area contributed by atoms with Crippen molar-refractivity contribution in [3.05, 3.63) is 71.4 Å². The summed E-state index contributed by atoms with van der Waals surface area (Å²) in [6.07, 6.45) is 0. The van der Waals surface area contributed by atoms with Gasteiger partial charge in [0.1, 0.15) is 5.69 Å². The van der Waals surface area contributed by atoms with Gasteiger partial charge in [0.05, 0.1) is 5.69 Å². The van der Waals surface area contributed by atoms with Crippen LogP contribution in [0.2, 0.25) is 0 Å². The number of hydrogen-bond donors (Lipinski definition) is 1. The number of carbonyl (C=O) groups excluding carboxylic acids is 1. The summed E-state index contributed by atoms with van der Waals surface area (Å²) in [7, 11) is 0. The van der Waals surface area contributed by atoms with Crippen molar-refractivity contribution in [2.45, 2.75) is 13.8 Å². The number of hydrogen-bond acceptors (Lipinski definition) is 3. The van der Waals surface area contributed by atoms with Crippen LogP contribution in [0.15, 0.2) is 54.6 Å². The molecule has 0 spiro atoms. The summed E-state index contributed by atoms with van der Waals surface area (Å²) in [4.78, 5) is 17.1. The van der Waals surface area contributed by atoms with Crippen LogP contribution in [-0.4, -0.2) is 47.2 Å². The second-order valence-electron chi connectivity index (χ2n) is 7.03. The van der Waals surface area contributed by atoms with Gasteiger partial charge in [0.2, 0.25) is 0 Å². The SMILES string of the molecule is Cc1cccc(N2CCN(C(=O)c3cc(-c4ccccc4)n[nH]3)CC2)c1C. The molecule has 1 aliphatic rings. The number of piperazine rings is 1. The van der Waals surface area contributed by atoms with E-state index in [1.54, 1.807) is 0 Å². The maximum atomic E-state index is 12.8. The number of benzene rings is 2. The number of aryl methyl sites for hydroxylation is 1. The summed E-state index contributed by atoms with van der Waals surface area (Å²) >= 11 is 0. The molecule has 27 heavy (non-hydrogen) atoms. The number of rotatable bonds is 3. The van der Waals surface area contributed by atoms with Crippen molar-refractivity contribution in [2.24, 2.45) is 0 Å². The molecule has 0 bridgehead atoms. The average molecular weight is 360 g/mol. The number of aromatic nitrogens is 2. The van der Waals surface area contributed by atoms with Gasteiger partial charge in [0, 0.05) is 37.4 Å². The van der Waals surface area contributed by atoms with Gasteiger partial charge >= 0.3 is 0 Å². The van der Waals surface area contributed by atoms with E-state index in [2.05, 4.69) is 47.1 Å². The molecular weight excluding hydrogens is 336 g/mol. The maximum Gasteiger partial charge on any atom is 0.272 e. The fourth-order valence-corrected chi connectivity index (χ4v) is 3.59. The van der Waals surface area contributed by atoms with E-state index in [1.807, 2.05) is 41.3 Å². The van der Waals surface area contributed by atoms with E-state index in [9.17, 15) is 4.79 Å². The number of aromatic amines is 1. The standard InChI is InChI=1S/C22H24N4O/c1-16-7-6-10-21(17(16)2)25-11-13-26(14-12-25)22(27)20-15-19(23-24-20)18-8-4-3-5-9-18/h3-10,15H,11-14H2,1-2H3,(H,23,24). The van der Waals surface area contributed by atoms with Crippen molar-refractivity contribution >= 4 is 11.6 Å². The summed E-state index contributed by atoms with van der Waals surface area (Å²) in [6.45, 7) is 7.42. The Morgan fingerprint density at radius 3 is 2.44 bits per heavy atom. The minimum absolute atomic E-state index is 0.0188. The van der Waals surface area contributed by atoms with Gasteiger partial charge in [0.15, 0.2) is 0 Å². The molecule has 3 aromatic rings. The molecule has 1 aliphatic heterocycles. The summed E-state index contributed by atoms with van der Waals surface area (Å²) in [6, 6.07) is 18.1. The number of nitrogens with zero attached hydrogens (tertiary/aromatic N) is 3. The lowest BCUT2D eigenvalue weighted by Crippen LogP contribution is -2.49. The normalized spacial score (nSPS) is 14.4. The highest BCUT2D eigenvalue weighted by Crippen LogP contribution is 2.24. The minimum Gasteiger partial charge on any atom is -0.368 e. The smallest absolute Gasteiger partial charge is 0.272 e.